The molecule has 0 aliphatic heterocycles. The van der Waals surface area contributed by atoms with Gasteiger partial charge in [-0.1, -0.05) is 20.3 Å². The van der Waals surface area contributed by atoms with Crippen LogP contribution in [-0.2, 0) is 0 Å². The van der Waals surface area contributed by atoms with Crippen LogP contribution < -0.4 is 0 Å². The lowest BCUT2D eigenvalue weighted by atomic mass is 10.4. The predicted octanol–water partition coefficient (Wildman–Crippen LogP) is 2.58. The zero-order chi connectivity index (χ0) is 5.11. The summed E-state index contributed by atoms with van der Waals surface area (Å²) in [5, 5.41) is 0. The third-order valence-corrected chi connectivity index (χ3v) is 1.71. The predicted molar refractivity (Wildman–Crippen MR) is 33.7 cm³/mol. The zero-order valence-corrected chi connectivity index (χ0v) is 5.15. The van der Waals surface area contributed by atoms with Gasteiger partial charge in [-0.2, -0.15) is 0 Å². The Hall–Kier alpha value is -0.350. The van der Waals surface area contributed by atoms with E-state index in [1.165, 1.54) is 13.8 Å². The topological polar surface area (TPSA) is 0 Å². The highest BCUT2D eigenvalue weighted by atomic mass is 31.0. The van der Waals surface area contributed by atoms with E-state index in [0.717, 1.165) is 0 Å². The molecular weight excluding hydrogens is 103 g/mol. The standard InChI is InChI=1S/C6H7P/c1-6-3-2-4-7-5-6/h2-5H,1H3. The number of hydrogen-bond donors (Lipinski definition) is 0. The van der Waals surface area contributed by atoms with Crippen molar-refractivity contribution < 1.29 is 0 Å². The Kier molecular flexibility index (Phi) is 1.43. The minimum Gasteiger partial charge on any atom is -0.0762 e. The minimum absolute atomic E-state index is 1.32. The van der Waals surface area contributed by atoms with Gasteiger partial charge in [-0.3, -0.25) is 0 Å². The Balaban J connectivity index is 3.02. The first-order chi connectivity index (χ1) is 3.39. The molecule has 0 N–H and O–H groups in total. The van der Waals surface area contributed by atoms with E-state index in [-0.39, 0.29) is 0 Å². The van der Waals surface area contributed by atoms with Gasteiger partial charge in [-0.05, 0) is 24.1 Å². The molecule has 0 aliphatic carbocycles. The van der Waals surface area contributed by atoms with E-state index in [4.69, 9.17) is 0 Å². The summed E-state index contributed by atoms with van der Waals surface area (Å²) in [5.41, 5.74) is 1.36. The van der Waals surface area contributed by atoms with Crippen LogP contribution in [0.5, 0.6) is 0 Å². The van der Waals surface area contributed by atoms with Crippen LogP contribution in [0.15, 0.2) is 23.7 Å². The molecule has 0 unspecified atom stereocenters. The van der Waals surface area contributed by atoms with Crippen LogP contribution in [0, 0.1) is 6.92 Å². The first-order valence-electron chi connectivity index (χ1n) is 2.26. The number of rotatable bonds is 0. The van der Waals surface area contributed by atoms with E-state index in [1.54, 1.807) is 0 Å². The van der Waals surface area contributed by atoms with Gasteiger partial charge in [-0.25, -0.2) is 0 Å². The second kappa shape index (κ2) is 2.09. The zero-order valence-electron chi connectivity index (χ0n) is 4.26. The Bertz CT molecular complexity index is 134. The Morgan fingerprint density at radius 1 is 1.57 bits per heavy atom. The summed E-state index contributed by atoms with van der Waals surface area (Å²) in [6.07, 6.45) is 0. The van der Waals surface area contributed by atoms with Crippen molar-refractivity contribution in [2.75, 3.05) is 0 Å². The van der Waals surface area contributed by atoms with Gasteiger partial charge in [0.1, 0.15) is 0 Å². The molecule has 0 atom stereocenters. The monoisotopic (exact) mass is 110 g/mol. The molecule has 1 heteroatoms. The van der Waals surface area contributed by atoms with Gasteiger partial charge in [0.15, 0.2) is 0 Å². The molecule has 0 saturated heterocycles. The molecule has 0 radical (unpaired) electrons. The average Bonchev–Trinajstić information content (AvgIpc) is 1.69. The van der Waals surface area contributed by atoms with E-state index in [1.807, 2.05) is 0 Å². The molecule has 0 spiro atoms. The van der Waals surface area contributed by atoms with E-state index >= 15 is 0 Å². The molecule has 1 aromatic rings. The Morgan fingerprint density at radius 3 is 2.71 bits per heavy atom. The fourth-order valence-electron chi connectivity index (χ4n) is 0.448. The molecule has 0 nitrogen and oxygen atoms in total. The Morgan fingerprint density at radius 2 is 2.43 bits per heavy atom. The smallest absolute Gasteiger partial charge is 0.0317 e. The van der Waals surface area contributed by atoms with Crippen molar-refractivity contribution in [3.8, 4) is 0 Å². The lowest BCUT2D eigenvalue weighted by molar-refractivity contribution is 1.53. The molecule has 7 heavy (non-hydrogen) atoms. The van der Waals surface area contributed by atoms with Gasteiger partial charge in [0.05, 0.1) is 0 Å². The summed E-state index contributed by atoms with van der Waals surface area (Å²) >= 11 is 0. The van der Waals surface area contributed by atoms with E-state index in [2.05, 4.69) is 30.7 Å². The third kappa shape index (κ3) is 1.29. The highest BCUT2D eigenvalue weighted by Gasteiger charge is 1.72. The first kappa shape index (κ1) is 4.80. The first-order valence-corrected chi connectivity index (χ1v) is 3.29. The normalized spacial score (nSPS) is 9.86. The van der Waals surface area contributed by atoms with Crippen LogP contribution >= 0.6 is 8.19 Å². The fraction of sp³-hybridized carbons (Fsp3) is 0.167. The van der Waals surface area contributed by atoms with Gasteiger partial charge < -0.3 is 0 Å². The highest BCUT2D eigenvalue weighted by molar-refractivity contribution is 7.28. The molecule has 1 rings (SSSR count). The van der Waals surface area contributed by atoms with Gasteiger partial charge in [-0.15, -0.1) is 0 Å². The van der Waals surface area contributed by atoms with Gasteiger partial charge in [0.25, 0.3) is 0 Å². The maximum absolute atomic E-state index is 2.18. The van der Waals surface area contributed by atoms with Gasteiger partial charge >= 0.3 is 0 Å². The fourth-order valence-corrected chi connectivity index (χ4v) is 1.04. The molecule has 0 fully saturated rings. The van der Waals surface area contributed by atoms with Gasteiger partial charge in [0, 0.05) is 0 Å². The third-order valence-electron chi connectivity index (χ3n) is 0.809. The van der Waals surface area contributed by atoms with Crippen LogP contribution in [0.2, 0.25) is 0 Å². The number of hydrogen-bond acceptors (Lipinski definition) is 0. The van der Waals surface area contributed by atoms with Crippen molar-refractivity contribution in [1.29, 1.82) is 0 Å². The minimum atomic E-state index is 1.32. The largest absolute Gasteiger partial charge is 0.0762 e. The second-order valence-electron chi connectivity index (χ2n) is 1.53. The summed E-state index contributed by atoms with van der Waals surface area (Å²) in [5.74, 6) is 4.30. The lowest BCUT2D eigenvalue weighted by Crippen LogP contribution is -1.58. The molecule has 0 aliphatic rings. The molecule has 1 aromatic heterocycles. The number of aryl methyl sites for hydroxylation is 1. The second-order valence-corrected chi connectivity index (χ2v) is 2.38. The SMILES string of the molecule is Cc1cccpc1. The Labute approximate surface area is 45.3 Å². The maximum Gasteiger partial charge on any atom is -0.0317 e. The molecule has 36 valence electrons. The molecule has 0 bridgehead atoms. The highest BCUT2D eigenvalue weighted by Crippen LogP contribution is 2.05. The van der Waals surface area contributed by atoms with Crippen LogP contribution in [-0.4, -0.2) is 0 Å². The summed E-state index contributed by atoms with van der Waals surface area (Å²) in [6.45, 7) is 2.11. The lowest BCUT2D eigenvalue weighted by Gasteiger charge is -1.82. The van der Waals surface area contributed by atoms with Crippen LogP contribution in [0.3, 0.4) is 0 Å². The molecule has 0 amide bonds. The molecule has 0 saturated carbocycles. The van der Waals surface area contributed by atoms with Crippen LogP contribution in [0.25, 0.3) is 0 Å². The van der Waals surface area contributed by atoms with Crippen molar-refractivity contribution in [2.45, 2.75) is 6.92 Å². The van der Waals surface area contributed by atoms with Crippen LogP contribution in [0.1, 0.15) is 5.56 Å². The average molecular weight is 110 g/mol. The molecular formula is C6H7P. The summed E-state index contributed by atoms with van der Waals surface area (Å²) in [4.78, 5) is 0. The molecule has 0 aromatic carbocycles. The van der Waals surface area contributed by atoms with Crippen molar-refractivity contribution in [3.63, 3.8) is 0 Å². The van der Waals surface area contributed by atoms with E-state index < -0.39 is 0 Å². The van der Waals surface area contributed by atoms with Crippen molar-refractivity contribution in [3.05, 3.63) is 29.3 Å². The molecule has 1 heterocycles. The summed E-state index contributed by atoms with van der Waals surface area (Å²) < 4.78 is 0. The maximum atomic E-state index is 2.18. The van der Waals surface area contributed by atoms with Crippen molar-refractivity contribution in [2.24, 2.45) is 0 Å². The summed E-state index contributed by atoms with van der Waals surface area (Å²) in [7, 11) is 1.32. The van der Waals surface area contributed by atoms with E-state index in [0.29, 0.717) is 0 Å². The van der Waals surface area contributed by atoms with Crippen LogP contribution in [0.4, 0.5) is 0 Å². The quantitative estimate of drug-likeness (QED) is 0.481. The van der Waals surface area contributed by atoms with E-state index in [9.17, 15) is 0 Å². The van der Waals surface area contributed by atoms with Crippen molar-refractivity contribution >= 4 is 8.19 Å². The van der Waals surface area contributed by atoms with Crippen molar-refractivity contribution in [1.82, 2.24) is 0 Å². The van der Waals surface area contributed by atoms with Gasteiger partial charge in [0.2, 0.25) is 0 Å². The summed E-state index contributed by atoms with van der Waals surface area (Å²) in [6, 6.07) is 4.19.